The van der Waals surface area contributed by atoms with E-state index < -0.39 is 0 Å². The molecule has 0 aromatic carbocycles. The van der Waals surface area contributed by atoms with Crippen LogP contribution in [0.5, 0.6) is 0 Å². The first-order valence-corrected chi connectivity index (χ1v) is 8.74. The van der Waals surface area contributed by atoms with Crippen LogP contribution in [0.2, 0.25) is 0 Å². The van der Waals surface area contributed by atoms with Crippen LogP contribution < -0.4 is 5.32 Å². The topological polar surface area (TPSA) is 89.1 Å². The number of aromatic nitrogens is 4. The molecule has 1 fully saturated rings. The number of hydrogen-bond acceptors (Lipinski definition) is 6. The zero-order chi connectivity index (χ0) is 18.1. The third-order valence-electron chi connectivity index (χ3n) is 4.73. The van der Waals surface area contributed by atoms with Crippen LogP contribution in [0.3, 0.4) is 0 Å². The summed E-state index contributed by atoms with van der Waals surface area (Å²) in [7, 11) is 1.87. The van der Waals surface area contributed by atoms with Gasteiger partial charge in [-0.25, -0.2) is 0 Å². The third kappa shape index (κ3) is 3.58. The number of anilines is 1. The maximum Gasteiger partial charge on any atom is 0.238 e. The summed E-state index contributed by atoms with van der Waals surface area (Å²) in [5.74, 6) is 1.49. The molecular weight excluding hydrogens is 320 g/mol. The molecule has 1 aliphatic heterocycles. The van der Waals surface area contributed by atoms with Gasteiger partial charge in [-0.2, -0.15) is 10.1 Å². The van der Waals surface area contributed by atoms with Gasteiger partial charge < -0.3 is 9.84 Å². The molecule has 8 nitrogen and oxygen atoms in total. The largest absolute Gasteiger partial charge is 0.339 e. The molecule has 0 unspecified atom stereocenters. The summed E-state index contributed by atoms with van der Waals surface area (Å²) in [5, 5.41) is 11.4. The molecule has 136 valence electrons. The molecule has 0 spiro atoms. The van der Waals surface area contributed by atoms with E-state index in [1.54, 1.807) is 4.68 Å². The molecule has 1 amide bonds. The first kappa shape index (κ1) is 17.6. The Morgan fingerprint density at radius 1 is 1.40 bits per heavy atom. The van der Waals surface area contributed by atoms with Gasteiger partial charge in [0.25, 0.3) is 0 Å². The fourth-order valence-electron chi connectivity index (χ4n) is 3.24. The summed E-state index contributed by atoms with van der Waals surface area (Å²) in [5.41, 5.74) is 2.57. The average Bonchev–Trinajstić information content (AvgIpc) is 3.24. The third-order valence-corrected chi connectivity index (χ3v) is 4.73. The maximum atomic E-state index is 12.5. The summed E-state index contributed by atoms with van der Waals surface area (Å²) in [6, 6.07) is 0.0399. The molecule has 8 heteroatoms. The Balaban J connectivity index is 1.67. The molecule has 0 bridgehead atoms. The van der Waals surface area contributed by atoms with E-state index in [0.717, 1.165) is 36.5 Å². The Hall–Kier alpha value is -2.22. The van der Waals surface area contributed by atoms with Crippen molar-refractivity contribution in [2.24, 2.45) is 7.05 Å². The minimum atomic E-state index is -0.0429. The van der Waals surface area contributed by atoms with Gasteiger partial charge in [-0.05, 0) is 33.2 Å². The predicted octanol–water partition coefficient (Wildman–Crippen LogP) is 2.32. The van der Waals surface area contributed by atoms with E-state index in [9.17, 15) is 4.79 Å². The first-order valence-electron chi connectivity index (χ1n) is 8.74. The van der Waals surface area contributed by atoms with Crippen LogP contribution in [0, 0.1) is 13.8 Å². The van der Waals surface area contributed by atoms with Crippen molar-refractivity contribution in [2.75, 3.05) is 18.4 Å². The quantitative estimate of drug-likeness (QED) is 0.894. The molecule has 0 saturated carbocycles. The Labute approximate surface area is 147 Å². The van der Waals surface area contributed by atoms with Crippen molar-refractivity contribution in [3.8, 4) is 0 Å². The van der Waals surface area contributed by atoms with Gasteiger partial charge in [0.15, 0.2) is 5.82 Å². The van der Waals surface area contributed by atoms with Gasteiger partial charge in [-0.15, -0.1) is 0 Å². The molecule has 2 aromatic rings. The smallest absolute Gasteiger partial charge is 0.238 e. The highest BCUT2D eigenvalue weighted by Crippen LogP contribution is 2.30. The minimum absolute atomic E-state index is 0.0399. The molecule has 0 radical (unpaired) electrons. The van der Waals surface area contributed by atoms with Gasteiger partial charge in [0.1, 0.15) is 0 Å². The number of carbonyl (C=O) groups excluding carboxylic acids is 1. The molecule has 1 aliphatic rings. The summed E-state index contributed by atoms with van der Waals surface area (Å²) in [4.78, 5) is 19.1. The highest BCUT2D eigenvalue weighted by Gasteiger charge is 2.31. The highest BCUT2D eigenvalue weighted by atomic mass is 16.5. The Morgan fingerprint density at radius 3 is 2.76 bits per heavy atom. The molecule has 0 aliphatic carbocycles. The van der Waals surface area contributed by atoms with E-state index in [0.29, 0.717) is 18.3 Å². The van der Waals surface area contributed by atoms with Gasteiger partial charge in [0.05, 0.1) is 29.7 Å². The number of hydrogen-bond donors (Lipinski definition) is 1. The highest BCUT2D eigenvalue weighted by molar-refractivity contribution is 5.93. The molecule has 1 atom stereocenters. The summed E-state index contributed by atoms with van der Waals surface area (Å²) in [6.07, 6.45) is 1.96. The fourth-order valence-corrected chi connectivity index (χ4v) is 3.24. The SMILES string of the molecule is Cc1nn(C)c(C)c1NC(=O)CN1CCC[C@@H]1c1noc(C(C)C)n1. The lowest BCUT2D eigenvalue weighted by Gasteiger charge is -2.21. The van der Waals surface area contributed by atoms with Crippen LogP contribution >= 0.6 is 0 Å². The van der Waals surface area contributed by atoms with Crippen molar-refractivity contribution in [2.45, 2.75) is 52.5 Å². The second-order valence-corrected chi connectivity index (χ2v) is 6.99. The Bertz CT molecular complexity index is 763. The molecule has 2 aromatic heterocycles. The maximum absolute atomic E-state index is 12.5. The molecule has 3 heterocycles. The van der Waals surface area contributed by atoms with E-state index in [1.165, 1.54) is 0 Å². The van der Waals surface area contributed by atoms with Crippen LogP contribution in [0.15, 0.2) is 4.52 Å². The summed E-state index contributed by atoms with van der Waals surface area (Å²) < 4.78 is 7.10. The van der Waals surface area contributed by atoms with E-state index in [1.807, 2.05) is 34.7 Å². The van der Waals surface area contributed by atoms with Crippen LogP contribution in [0.1, 0.15) is 61.8 Å². The van der Waals surface area contributed by atoms with Crippen molar-refractivity contribution in [3.63, 3.8) is 0 Å². The van der Waals surface area contributed by atoms with E-state index in [-0.39, 0.29) is 17.9 Å². The van der Waals surface area contributed by atoms with Crippen LogP contribution in [-0.2, 0) is 11.8 Å². The van der Waals surface area contributed by atoms with Gasteiger partial charge >= 0.3 is 0 Å². The van der Waals surface area contributed by atoms with Crippen LogP contribution in [0.4, 0.5) is 5.69 Å². The first-order chi connectivity index (χ1) is 11.9. The lowest BCUT2D eigenvalue weighted by Crippen LogP contribution is -2.33. The minimum Gasteiger partial charge on any atom is -0.339 e. The van der Waals surface area contributed by atoms with Gasteiger partial charge in [0, 0.05) is 13.0 Å². The molecular formula is C17H26N6O2. The summed E-state index contributed by atoms with van der Waals surface area (Å²) >= 11 is 0. The number of nitrogens with zero attached hydrogens (tertiary/aromatic N) is 5. The van der Waals surface area contributed by atoms with Crippen molar-refractivity contribution in [1.29, 1.82) is 0 Å². The Morgan fingerprint density at radius 2 is 2.16 bits per heavy atom. The number of aryl methyl sites for hydroxylation is 2. The predicted molar refractivity (Wildman–Crippen MR) is 93.2 cm³/mol. The Kier molecular flexibility index (Phi) is 4.89. The zero-order valence-corrected chi connectivity index (χ0v) is 15.5. The lowest BCUT2D eigenvalue weighted by molar-refractivity contribution is -0.117. The van der Waals surface area contributed by atoms with Gasteiger partial charge in [0.2, 0.25) is 11.8 Å². The molecule has 25 heavy (non-hydrogen) atoms. The van der Waals surface area contributed by atoms with Crippen molar-refractivity contribution in [3.05, 3.63) is 23.1 Å². The molecule has 1 N–H and O–H groups in total. The van der Waals surface area contributed by atoms with Crippen LogP contribution in [0.25, 0.3) is 0 Å². The normalized spacial score (nSPS) is 18.2. The number of rotatable bonds is 5. The molecule has 1 saturated heterocycles. The van der Waals surface area contributed by atoms with Gasteiger partial charge in [-0.1, -0.05) is 19.0 Å². The van der Waals surface area contributed by atoms with E-state index in [4.69, 9.17) is 4.52 Å². The zero-order valence-electron chi connectivity index (χ0n) is 15.5. The fraction of sp³-hybridized carbons (Fsp3) is 0.647. The number of likely N-dealkylation sites (tertiary alicyclic amines) is 1. The standard InChI is InChI=1S/C17H26N6O2/c1-10(2)17-19-16(21-25-17)13-7-6-8-23(13)9-14(24)18-15-11(3)20-22(5)12(15)4/h10,13H,6-9H2,1-5H3,(H,18,24)/t13-/m1/s1. The van der Waals surface area contributed by atoms with Crippen molar-refractivity contribution in [1.82, 2.24) is 24.8 Å². The second-order valence-electron chi connectivity index (χ2n) is 6.99. The lowest BCUT2D eigenvalue weighted by atomic mass is 10.2. The number of carbonyl (C=O) groups is 1. The van der Waals surface area contributed by atoms with E-state index >= 15 is 0 Å². The van der Waals surface area contributed by atoms with Gasteiger partial charge in [-0.3, -0.25) is 14.4 Å². The average molecular weight is 346 g/mol. The number of amides is 1. The summed E-state index contributed by atoms with van der Waals surface area (Å²) in [6.45, 7) is 9.05. The van der Waals surface area contributed by atoms with Crippen molar-refractivity contribution < 1.29 is 9.32 Å². The van der Waals surface area contributed by atoms with Crippen LogP contribution in [-0.4, -0.2) is 43.8 Å². The second kappa shape index (κ2) is 6.95. The monoisotopic (exact) mass is 346 g/mol. The number of nitrogens with one attached hydrogen (secondary N) is 1. The van der Waals surface area contributed by atoms with E-state index in [2.05, 4.69) is 25.5 Å². The van der Waals surface area contributed by atoms with Crippen molar-refractivity contribution >= 4 is 11.6 Å². The molecule has 3 rings (SSSR count).